The Bertz CT molecular complexity index is 512. The lowest BCUT2D eigenvalue weighted by Crippen LogP contribution is -2.10. The van der Waals surface area contributed by atoms with Crippen molar-refractivity contribution < 1.29 is 0 Å². The van der Waals surface area contributed by atoms with Crippen LogP contribution in [0, 0.1) is 0 Å². The highest BCUT2D eigenvalue weighted by molar-refractivity contribution is 6.32. The Morgan fingerprint density at radius 2 is 2.12 bits per heavy atom. The van der Waals surface area contributed by atoms with E-state index < -0.39 is 0 Å². The molecule has 0 aliphatic carbocycles. The molecule has 0 radical (unpaired) electrons. The SMILES string of the molecule is Cn1cnnc1CCNc1nc(Cl)nnc1Cl. The van der Waals surface area contributed by atoms with E-state index in [4.69, 9.17) is 23.2 Å². The van der Waals surface area contributed by atoms with E-state index in [1.54, 1.807) is 6.33 Å². The van der Waals surface area contributed by atoms with Gasteiger partial charge < -0.3 is 9.88 Å². The molecule has 0 amide bonds. The summed E-state index contributed by atoms with van der Waals surface area (Å²) >= 11 is 11.4. The summed E-state index contributed by atoms with van der Waals surface area (Å²) in [7, 11) is 1.88. The molecule has 0 aliphatic heterocycles. The molecule has 0 atom stereocenters. The molecule has 2 heterocycles. The van der Waals surface area contributed by atoms with Gasteiger partial charge in [0.25, 0.3) is 0 Å². The molecule has 0 fully saturated rings. The van der Waals surface area contributed by atoms with Crippen molar-refractivity contribution in [3.63, 3.8) is 0 Å². The third kappa shape index (κ3) is 3.01. The van der Waals surface area contributed by atoms with Gasteiger partial charge in [-0.2, -0.15) is 4.98 Å². The van der Waals surface area contributed by atoms with Gasteiger partial charge in [0, 0.05) is 20.0 Å². The van der Waals surface area contributed by atoms with Crippen molar-refractivity contribution in [3.8, 4) is 0 Å². The third-order valence-electron chi connectivity index (χ3n) is 2.07. The lowest BCUT2D eigenvalue weighted by atomic mass is 10.4. The second kappa shape index (κ2) is 5.24. The Kier molecular flexibility index (Phi) is 3.70. The smallest absolute Gasteiger partial charge is 0.245 e. The molecule has 0 unspecified atom stereocenters. The second-order valence-corrected chi connectivity index (χ2v) is 3.95. The number of nitrogens with one attached hydrogen (secondary N) is 1. The maximum Gasteiger partial charge on any atom is 0.245 e. The average molecular weight is 274 g/mol. The van der Waals surface area contributed by atoms with Crippen LogP contribution in [0.1, 0.15) is 5.82 Å². The standard InChI is InChI=1S/C8H9Cl2N7/c1-17-4-12-14-5(17)2-3-11-7-6(9)15-16-8(10)13-7/h4H,2-3H2,1H3,(H,11,13,16). The fourth-order valence-corrected chi connectivity index (χ4v) is 1.50. The van der Waals surface area contributed by atoms with Crippen molar-refractivity contribution in [2.75, 3.05) is 11.9 Å². The fourth-order valence-electron chi connectivity index (χ4n) is 1.23. The molecule has 2 aromatic heterocycles. The molecule has 0 saturated heterocycles. The molecule has 7 nitrogen and oxygen atoms in total. The van der Waals surface area contributed by atoms with Crippen molar-refractivity contribution in [3.05, 3.63) is 22.6 Å². The molecule has 17 heavy (non-hydrogen) atoms. The zero-order valence-corrected chi connectivity index (χ0v) is 10.4. The first-order chi connectivity index (χ1) is 8.16. The maximum absolute atomic E-state index is 5.80. The van der Waals surface area contributed by atoms with Gasteiger partial charge >= 0.3 is 0 Å². The molecule has 0 aliphatic rings. The topological polar surface area (TPSA) is 81.4 Å². The van der Waals surface area contributed by atoms with Crippen LogP contribution in [-0.2, 0) is 13.5 Å². The lowest BCUT2D eigenvalue weighted by Gasteiger charge is -2.05. The van der Waals surface area contributed by atoms with Crippen LogP contribution in [0.2, 0.25) is 10.4 Å². The molecule has 2 aromatic rings. The van der Waals surface area contributed by atoms with E-state index in [9.17, 15) is 0 Å². The predicted molar refractivity (Wildman–Crippen MR) is 63.0 cm³/mol. The van der Waals surface area contributed by atoms with E-state index in [2.05, 4.69) is 30.7 Å². The van der Waals surface area contributed by atoms with Crippen LogP contribution in [-0.4, -0.2) is 36.5 Å². The van der Waals surface area contributed by atoms with E-state index in [-0.39, 0.29) is 10.4 Å². The minimum Gasteiger partial charge on any atom is -0.367 e. The molecule has 0 bridgehead atoms. The molecule has 0 spiro atoms. The summed E-state index contributed by atoms with van der Waals surface area (Å²) in [5.74, 6) is 1.27. The predicted octanol–water partition coefficient (Wildman–Crippen LogP) is 0.961. The van der Waals surface area contributed by atoms with Crippen LogP contribution in [0.3, 0.4) is 0 Å². The summed E-state index contributed by atoms with van der Waals surface area (Å²) in [6, 6.07) is 0. The van der Waals surface area contributed by atoms with Gasteiger partial charge in [0.15, 0.2) is 11.0 Å². The minimum absolute atomic E-state index is 0.0514. The van der Waals surface area contributed by atoms with Gasteiger partial charge in [-0.25, -0.2) is 0 Å². The Morgan fingerprint density at radius 1 is 1.29 bits per heavy atom. The lowest BCUT2D eigenvalue weighted by molar-refractivity contribution is 0.786. The van der Waals surface area contributed by atoms with Gasteiger partial charge in [-0.05, 0) is 11.6 Å². The van der Waals surface area contributed by atoms with Gasteiger partial charge in [-0.15, -0.1) is 20.4 Å². The zero-order valence-electron chi connectivity index (χ0n) is 8.93. The maximum atomic E-state index is 5.80. The van der Waals surface area contributed by atoms with Crippen molar-refractivity contribution in [2.24, 2.45) is 7.05 Å². The normalized spacial score (nSPS) is 10.5. The molecule has 90 valence electrons. The van der Waals surface area contributed by atoms with Crippen LogP contribution < -0.4 is 5.32 Å². The number of hydrogen-bond acceptors (Lipinski definition) is 6. The highest BCUT2D eigenvalue weighted by Gasteiger charge is 2.06. The van der Waals surface area contributed by atoms with Crippen molar-refractivity contribution in [1.29, 1.82) is 0 Å². The van der Waals surface area contributed by atoms with E-state index in [1.807, 2.05) is 11.6 Å². The average Bonchev–Trinajstić information content (AvgIpc) is 2.70. The number of rotatable bonds is 4. The summed E-state index contributed by atoms with van der Waals surface area (Å²) in [6.07, 6.45) is 2.33. The van der Waals surface area contributed by atoms with Crippen LogP contribution in [0.15, 0.2) is 6.33 Å². The van der Waals surface area contributed by atoms with Gasteiger partial charge in [0.05, 0.1) is 0 Å². The van der Waals surface area contributed by atoms with Gasteiger partial charge in [-0.1, -0.05) is 11.6 Å². The van der Waals surface area contributed by atoms with Gasteiger partial charge in [-0.3, -0.25) is 0 Å². The second-order valence-electron chi connectivity index (χ2n) is 3.26. The van der Waals surface area contributed by atoms with E-state index in [1.165, 1.54) is 0 Å². The largest absolute Gasteiger partial charge is 0.367 e. The van der Waals surface area contributed by atoms with Crippen molar-refractivity contribution >= 4 is 29.0 Å². The van der Waals surface area contributed by atoms with Crippen LogP contribution >= 0.6 is 23.2 Å². The number of anilines is 1. The number of nitrogens with zero attached hydrogens (tertiary/aromatic N) is 6. The molecule has 1 N–H and O–H groups in total. The van der Waals surface area contributed by atoms with E-state index >= 15 is 0 Å². The molecule has 0 saturated carbocycles. The molecule has 0 aromatic carbocycles. The number of aromatic nitrogens is 6. The number of hydrogen-bond donors (Lipinski definition) is 1. The van der Waals surface area contributed by atoms with Crippen molar-refractivity contribution in [1.82, 2.24) is 29.9 Å². The number of aryl methyl sites for hydroxylation is 1. The molecular formula is C8H9Cl2N7. The molecule has 2 rings (SSSR count). The summed E-state index contributed by atoms with van der Waals surface area (Å²) in [5, 5.41) is 18.1. The fraction of sp³-hybridized carbons (Fsp3) is 0.375. The highest BCUT2D eigenvalue weighted by Crippen LogP contribution is 2.16. The van der Waals surface area contributed by atoms with Crippen molar-refractivity contribution in [2.45, 2.75) is 6.42 Å². The summed E-state index contributed by atoms with van der Waals surface area (Å²) in [5.41, 5.74) is 0. The number of halogens is 2. The Labute approximate surface area is 107 Å². The summed E-state index contributed by atoms with van der Waals surface area (Å²) in [6.45, 7) is 0.598. The summed E-state index contributed by atoms with van der Waals surface area (Å²) < 4.78 is 1.84. The minimum atomic E-state index is 0.0514. The first kappa shape index (κ1) is 12.0. The van der Waals surface area contributed by atoms with Gasteiger partial charge in [0.1, 0.15) is 12.2 Å². The Hall–Kier alpha value is -1.47. The third-order valence-corrected chi connectivity index (χ3v) is 2.48. The van der Waals surface area contributed by atoms with Crippen LogP contribution in [0.25, 0.3) is 0 Å². The first-order valence-electron chi connectivity index (χ1n) is 4.79. The molecule has 9 heteroatoms. The molecular weight excluding hydrogens is 265 g/mol. The van der Waals surface area contributed by atoms with E-state index in [0.29, 0.717) is 18.8 Å². The monoisotopic (exact) mass is 273 g/mol. The summed E-state index contributed by atoms with van der Waals surface area (Å²) in [4.78, 5) is 3.92. The highest BCUT2D eigenvalue weighted by atomic mass is 35.5. The quantitative estimate of drug-likeness (QED) is 0.894. The zero-order chi connectivity index (χ0) is 12.3. The van der Waals surface area contributed by atoms with Crippen LogP contribution in [0.4, 0.5) is 5.82 Å². The Balaban J connectivity index is 1.94. The van der Waals surface area contributed by atoms with Crippen LogP contribution in [0.5, 0.6) is 0 Å². The van der Waals surface area contributed by atoms with Gasteiger partial charge in [0.2, 0.25) is 5.28 Å². The first-order valence-corrected chi connectivity index (χ1v) is 5.55. The Morgan fingerprint density at radius 3 is 2.82 bits per heavy atom. The van der Waals surface area contributed by atoms with E-state index in [0.717, 1.165) is 5.82 Å².